The molecule has 84 valence electrons. The van der Waals surface area contributed by atoms with E-state index in [4.69, 9.17) is 0 Å². The molecule has 1 nitrogen and oxygen atoms in total. The Morgan fingerprint density at radius 1 is 1.07 bits per heavy atom. The van der Waals surface area contributed by atoms with Gasteiger partial charge in [-0.2, -0.15) is 0 Å². The SMILES string of the molecule is CN(C)CCc1cccc[c]1[Sn]([CH3])([CH3])[CH3]. The van der Waals surface area contributed by atoms with E-state index in [0.29, 0.717) is 0 Å². The monoisotopic (exact) mass is 313 g/mol. The van der Waals surface area contributed by atoms with Crippen LogP contribution >= 0.6 is 0 Å². The van der Waals surface area contributed by atoms with E-state index in [9.17, 15) is 0 Å². The molecule has 1 aromatic carbocycles. The molecule has 0 saturated heterocycles. The van der Waals surface area contributed by atoms with Gasteiger partial charge >= 0.3 is 98.6 Å². The van der Waals surface area contributed by atoms with E-state index in [1.165, 1.54) is 6.42 Å². The first-order valence-electron chi connectivity index (χ1n) is 5.64. The average molecular weight is 312 g/mol. The van der Waals surface area contributed by atoms with Crippen molar-refractivity contribution in [3.8, 4) is 0 Å². The van der Waals surface area contributed by atoms with Gasteiger partial charge in [-0.3, -0.25) is 0 Å². The molecular weight excluding hydrogens is 289 g/mol. The molecule has 0 aliphatic heterocycles. The van der Waals surface area contributed by atoms with Crippen LogP contribution < -0.4 is 3.58 Å². The average Bonchev–Trinajstić information content (AvgIpc) is 2.13. The van der Waals surface area contributed by atoms with Crippen LogP contribution in [0.2, 0.25) is 14.8 Å². The maximum absolute atomic E-state index is 2.49. The molecule has 0 aliphatic rings. The molecule has 15 heavy (non-hydrogen) atoms. The summed E-state index contributed by atoms with van der Waals surface area (Å²) in [6, 6.07) is 9.02. The number of likely N-dealkylation sites (N-methyl/N-ethyl adjacent to an activating group) is 1. The molecule has 0 bridgehead atoms. The second-order valence-corrected chi connectivity index (χ2v) is 19.8. The van der Waals surface area contributed by atoms with E-state index in [1.807, 2.05) is 0 Å². The molecule has 0 saturated carbocycles. The minimum atomic E-state index is -1.90. The van der Waals surface area contributed by atoms with Gasteiger partial charge in [-0.25, -0.2) is 0 Å². The van der Waals surface area contributed by atoms with Gasteiger partial charge in [0.05, 0.1) is 0 Å². The van der Waals surface area contributed by atoms with Crippen LogP contribution in [-0.2, 0) is 6.42 Å². The van der Waals surface area contributed by atoms with Crippen LogP contribution in [0, 0.1) is 0 Å². The molecule has 0 spiro atoms. The van der Waals surface area contributed by atoms with Crippen LogP contribution in [0.1, 0.15) is 5.56 Å². The Morgan fingerprint density at radius 3 is 2.20 bits per heavy atom. The van der Waals surface area contributed by atoms with Gasteiger partial charge in [-0.05, 0) is 0 Å². The van der Waals surface area contributed by atoms with E-state index in [2.05, 4.69) is 58.1 Å². The molecule has 0 atom stereocenters. The number of hydrogen-bond donors (Lipinski definition) is 0. The van der Waals surface area contributed by atoms with E-state index in [-0.39, 0.29) is 0 Å². The summed E-state index contributed by atoms with van der Waals surface area (Å²) in [4.78, 5) is 9.73. The fourth-order valence-corrected chi connectivity index (χ4v) is 6.86. The topological polar surface area (TPSA) is 3.24 Å². The third kappa shape index (κ3) is 4.15. The van der Waals surface area contributed by atoms with E-state index < -0.39 is 18.4 Å². The first kappa shape index (κ1) is 13.0. The van der Waals surface area contributed by atoms with Crippen molar-refractivity contribution in [3.05, 3.63) is 29.8 Å². The first-order valence-corrected chi connectivity index (χ1v) is 15.6. The zero-order valence-corrected chi connectivity index (χ0v) is 13.5. The van der Waals surface area contributed by atoms with Crippen LogP contribution in [0.4, 0.5) is 0 Å². The molecule has 1 aromatic rings. The molecule has 0 N–H and O–H groups in total. The summed E-state index contributed by atoms with van der Waals surface area (Å²) >= 11 is -1.90. The zero-order valence-electron chi connectivity index (χ0n) is 10.7. The van der Waals surface area contributed by atoms with Crippen molar-refractivity contribution in [2.45, 2.75) is 21.2 Å². The summed E-state index contributed by atoms with van der Waals surface area (Å²) in [6.45, 7) is 1.15. The van der Waals surface area contributed by atoms with Crippen molar-refractivity contribution in [3.63, 3.8) is 0 Å². The predicted octanol–water partition coefficient (Wildman–Crippen LogP) is 2.34. The van der Waals surface area contributed by atoms with Crippen LogP contribution in [0.5, 0.6) is 0 Å². The summed E-state index contributed by atoms with van der Waals surface area (Å²) in [5.41, 5.74) is 1.58. The fraction of sp³-hybridized carbons (Fsp3) is 0.538. The predicted molar refractivity (Wildman–Crippen MR) is 71.7 cm³/mol. The third-order valence-electron chi connectivity index (χ3n) is 2.65. The van der Waals surface area contributed by atoms with Crippen LogP contribution in [0.3, 0.4) is 0 Å². The molecule has 0 fully saturated rings. The van der Waals surface area contributed by atoms with Gasteiger partial charge in [0.1, 0.15) is 0 Å². The van der Waals surface area contributed by atoms with Gasteiger partial charge in [-0.1, -0.05) is 0 Å². The van der Waals surface area contributed by atoms with Crippen molar-refractivity contribution in [1.82, 2.24) is 4.90 Å². The van der Waals surface area contributed by atoms with E-state index in [0.717, 1.165) is 6.54 Å². The van der Waals surface area contributed by atoms with Gasteiger partial charge in [0.15, 0.2) is 0 Å². The van der Waals surface area contributed by atoms with E-state index in [1.54, 1.807) is 9.14 Å². The van der Waals surface area contributed by atoms with E-state index >= 15 is 0 Å². The number of nitrogens with zero attached hydrogens (tertiary/aromatic N) is 1. The van der Waals surface area contributed by atoms with Gasteiger partial charge < -0.3 is 0 Å². The maximum atomic E-state index is 2.49. The molecule has 2 heteroatoms. The summed E-state index contributed by atoms with van der Waals surface area (Å²) in [7, 11) is 4.28. The van der Waals surface area contributed by atoms with Crippen molar-refractivity contribution >= 4 is 22.0 Å². The van der Waals surface area contributed by atoms with Gasteiger partial charge in [0, 0.05) is 0 Å². The quantitative estimate of drug-likeness (QED) is 0.772. The summed E-state index contributed by atoms with van der Waals surface area (Å²) in [5, 5.41) is 0. The standard InChI is InChI=1S/C10H14N.3CH3.Sn/c1-11(2)9-8-10-6-4-3-5-7-10;;;;/h3-6H,8-9H2,1-2H3;3*1H3;. The second-order valence-electron chi connectivity index (χ2n) is 5.46. The Labute approximate surface area is 98.4 Å². The van der Waals surface area contributed by atoms with Gasteiger partial charge in [-0.15, -0.1) is 0 Å². The van der Waals surface area contributed by atoms with Gasteiger partial charge in [0.2, 0.25) is 0 Å². The van der Waals surface area contributed by atoms with Crippen molar-refractivity contribution in [2.24, 2.45) is 0 Å². The Hall–Kier alpha value is -0.0213. The van der Waals surface area contributed by atoms with Crippen molar-refractivity contribution < 1.29 is 0 Å². The van der Waals surface area contributed by atoms with Crippen LogP contribution in [-0.4, -0.2) is 43.9 Å². The number of rotatable bonds is 4. The van der Waals surface area contributed by atoms with Crippen molar-refractivity contribution in [2.75, 3.05) is 20.6 Å². The first-order chi connectivity index (χ1) is 6.91. The second kappa shape index (κ2) is 5.35. The Balaban J connectivity index is 2.87. The Kier molecular flexibility index (Phi) is 4.65. The molecular formula is C13H23NSn. The van der Waals surface area contributed by atoms with Crippen LogP contribution in [0.25, 0.3) is 0 Å². The molecule has 0 aromatic heterocycles. The summed E-state index contributed by atoms with van der Waals surface area (Å²) in [5.74, 6) is 0. The number of benzene rings is 1. The van der Waals surface area contributed by atoms with Crippen molar-refractivity contribution in [1.29, 1.82) is 0 Å². The fourth-order valence-electron chi connectivity index (χ4n) is 1.81. The Morgan fingerprint density at radius 2 is 1.67 bits per heavy atom. The molecule has 0 heterocycles. The number of hydrogen-bond acceptors (Lipinski definition) is 1. The molecule has 0 aliphatic carbocycles. The molecule has 0 unspecified atom stereocenters. The summed E-state index contributed by atoms with van der Waals surface area (Å²) in [6.07, 6.45) is 1.19. The zero-order chi connectivity index (χ0) is 11.5. The van der Waals surface area contributed by atoms with Gasteiger partial charge in [0.25, 0.3) is 0 Å². The molecule has 1 rings (SSSR count). The Bertz CT molecular complexity index is 313. The molecule has 0 radical (unpaired) electrons. The third-order valence-corrected chi connectivity index (χ3v) is 8.66. The van der Waals surface area contributed by atoms with Crippen LogP contribution in [0.15, 0.2) is 24.3 Å². The normalized spacial score (nSPS) is 12.1. The molecule has 0 amide bonds. The summed E-state index contributed by atoms with van der Waals surface area (Å²) < 4.78 is 1.69. The minimum absolute atomic E-state index is 1.15.